The van der Waals surface area contributed by atoms with Gasteiger partial charge < -0.3 is 4.57 Å². The third-order valence-corrected chi connectivity index (χ3v) is 5.17. The molecule has 3 heterocycles. The number of nitrogens with zero attached hydrogens (tertiary/aromatic N) is 4. The summed E-state index contributed by atoms with van der Waals surface area (Å²) in [6.45, 7) is 1.99. The number of benzene rings is 1. The van der Waals surface area contributed by atoms with Crippen molar-refractivity contribution in [1.29, 1.82) is 0 Å². The first-order valence-corrected chi connectivity index (χ1v) is 8.54. The molecule has 0 amide bonds. The number of hydrogen-bond acceptors (Lipinski definition) is 2. The molecule has 0 unspecified atom stereocenters. The topological polar surface area (TPSA) is 35.1 Å². The summed E-state index contributed by atoms with van der Waals surface area (Å²) in [4.78, 5) is 4.77. The molecule has 4 nitrogen and oxygen atoms in total. The van der Waals surface area contributed by atoms with Gasteiger partial charge in [-0.25, -0.2) is 9.50 Å². The summed E-state index contributed by atoms with van der Waals surface area (Å²) in [6.07, 6.45) is 3.97. The third-order valence-electron chi connectivity index (χ3n) is 3.67. The predicted molar refractivity (Wildman–Crippen MR) is 100 cm³/mol. The van der Waals surface area contributed by atoms with E-state index in [1.54, 1.807) is 0 Å². The third kappa shape index (κ3) is 2.53. The average molecular weight is 435 g/mol. The van der Waals surface area contributed by atoms with E-state index in [-0.39, 0.29) is 0 Å². The summed E-state index contributed by atoms with van der Waals surface area (Å²) in [7, 11) is 0. The molecule has 4 aromatic rings. The lowest BCUT2D eigenvalue weighted by Crippen LogP contribution is -2.02. The zero-order valence-corrected chi connectivity index (χ0v) is 15.2. The first-order valence-electron chi connectivity index (χ1n) is 7.08. The second kappa shape index (κ2) is 5.65. The number of halogens is 2. The van der Waals surface area contributed by atoms with Gasteiger partial charge in [0.2, 0.25) is 0 Å². The summed E-state index contributed by atoms with van der Waals surface area (Å²) >= 11 is 8.46. The van der Waals surface area contributed by atoms with E-state index < -0.39 is 0 Å². The highest BCUT2D eigenvalue weighted by Crippen LogP contribution is 2.27. The molecule has 4 rings (SSSR count). The van der Waals surface area contributed by atoms with Gasteiger partial charge in [0, 0.05) is 29.0 Å². The second-order valence-corrected chi connectivity index (χ2v) is 6.75. The largest absolute Gasteiger partial charge is 0.309 e. The molecule has 0 saturated heterocycles. The van der Waals surface area contributed by atoms with Crippen LogP contribution in [-0.2, 0) is 0 Å². The van der Waals surface area contributed by atoms with Crippen molar-refractivity contribution in [3.63, 3.8) is 0 Å². The Morgan fingerprint density at radius 2 is 1.87 bits per heavy atom. The standard InChI is InChI=1S/C17H12ClIN4/c1-11-16(19)17-20-15(22-7-2-3-8-22)10-14(23(17)21-11)12-5-4-6-13(18)9-12/h2-10H,1H3. The van der Waals surface area contributed by atoms with Crippen molar-refractivity contribution < 1.29 is 0 Å². The minimum absolute atomic E-state index is 0.702. The smallest absolute Gasteiger partial charge is 0.171 e. The van der Waals surface area contributed by atoms with Crippen LogP contribution in [0.25, 0.3) is 22.7 Å². The SMILES string of the molecule is Cc1nn2c(-c3cccc(Cl)c3)cc(-n3cccc3)nc2c1I. The molecule has 6 heteroatoms. The molecular weight excluding hydrogens is 423 g/mol. The Labute approximate surface area is 151 Å². The van der Waals surface area contributed by atoms with Gasteiger partial charge in [0.25, 0.3) is 0 Å². The lowest BCUT2D eigenvalue weighted by Gasteiger charge is -2.09. The van der Waals surface area contributed by atoms with Crippen molar-refractivity contribution in [3.8, 4) is 17.1 Å². The Kier molecular flexibility index (Phi) is 3.61. The second-order valence-electron chi connectivity index (χ2n) is 5.24. The van der Waals surface area contributed by atoms with Gasteiger partial charge in [-0.05, 0) is 53.8 Å². The molecule has 0 N–H and O–H groups in total. The van der Waals surface area contributed by atoms with Crippen LogP contribution >= 0.6 is 34.2 Å². The molecule has 0 atom stereocenters. The summed E-state index contributed by atoms with van der Waals surface area (Å²) in [5.74, 6) is 0.857. The van der Waals surface area contributed by atoms with Crippen molar-refractivity contribution in [2.24, 2.45) is 0 Å². The van der Waals surface area contributed by atoms with Gasteiger partial charge in [0.15, 0.2) is 5.65 Å². The molecule has 0 spiro atoms. The number of hydrogen-bond donors (Lipinski definition) is 0. The molecule has 0 bridgehead atoms. The summed E-state index contributed by atoms with van der Waals surface area (Å²) in [5, 5.41) is 5.34. The molecule has 0 fully saturated rings. The van der Waals surface area contributed by atoms with Gasteiger partial charge in [-0.1, -0.05) is 23.7 Å². The Morgan fingerprint density at radius 1 is 1.09 bits per heavy atom. The summed E-state index contributed by atoms with van der Waals surface area (Å²) < 4.78 is 4.93. The van der Waals surface area contributed by atoms with E-state index in [0.29, 0.717) is 5.02 Å². The van der Waals surface area contributed by atoms with Gasteiger partial charge in [0.05, 0.1) is 15.0 Å². The molecule has 0 aliphatic carbocycles. The highest BCUT2D eigenvalue weighted by molar-refractivity contribution is 14.1. The van der Waals surface area contributed by atoms with Crippen molar-refractivity contribution >= 4 is 39.8 Å². The predicted octanol–water partition coefficient (Wildman–Crippen LogP) is 4.75. The molecule has 0 radical (unpaired) electrons. The fraction of sp³-hybridized carbons (Fsp3) is 0.0588. The van der Waals surface area contributed by atoms with E-state index >= 15 is 0 Å². The van der Waals surface area contributed by atoms with E-state index in [1.807, 2.05) is 70.9 Å². The van der Waals surface area contributed by atoms with Gasteiger partial charge >= 0.3 is 0 Å². The fourth-order valence-corrected chi connectivity index (χ4v) is 3.20. The number of rotatable bonds is 2. The van der Waals surface area contributed by atoms with Crippen LogP contribution in [0.4, 0.5) is 0 Å². The molecular formula is C17H12ClIN4. The Hall–Kier alpha value is -1.86. The first-order chi connectivity index (χ1) is 11.1. The van der Waals surface area contributed by atoms with Crippen LogP contribution in [0.15, 0.2) is 54.9 Å². The van der Waals surface area contributed by atoms with Crippen LogP contribution in [-0.4, -0.2) is 19.2 Å². The van der Waals surface area contributed by atoms with Gasteiger partial charge in [-0.15, -0.1) is 0 Å². The van der Waals surface area contributed by atoms with Gasteiger partial charge in [-0.3, -0.25) is 0 Å². The van der Waals surface area contributed by atoms with Gasteiger partial charge in [-0.2, -0.15) is 5.10 Å². The molecule has 23 heavy (non-hydrogen) atoms. The Morgan fingerprint density at radius 3 is 2.61 bits per heavy atom. The Bertz CT molecular complexity index is 1010. The van der Waals surface area contributed by atoms with E-state index in [9.17, 15) is 0 Å². The van der Waals surface area contributed by atoms with Crippen molar-refractivity contribution in [3.05, 3.63) is 69.1 Å². The number of aryl methyl sites for hydroxylation is 1. The zero-order chi connectivity index (χ0) is 16.0. The fourth-order valence-electron chi connectivity index (χ4n) is 2.56. The Balaban J connectivity index is 2.07. The zero-order valence-electron chi connectivity index (χ0n) is 12.2. The van der Waals surface area contributed by atoms with Crippen LogP contribution in [0.2, 0.25) is 5.02 Å². The maximum Gasteiger partial charge on any atom is 0.171 e. The molecule has 114 valence electrons. The quantitative estimate of drug-likeness (QED) is 0.427. The molecule has 0 aliphatic heterocycles. The van der Waals surface area contributed by atoms with Crippen molar-refractivity contribution in [2.45, 2.75) is 6.92 Å². The minimum atomic E-state index is 0.702. The minimum Gasteiger partial charge on any atom is -0.309 e. The van der Waals surface area contributed by atoms with Crippen molar-refractivity contribution in [1.82, 2.24) is 19.2 Å². The highest BCUT2D eigenvalue weighted by Gasteiger charge is 2.15. The molecule has 0 saturated carbocycles. The summed E-state index contributed by atoms with van der Waals surface area (Å²) in [6, 6.07) is 13.8. The van der Waals surface area contributed by atoms with Crippen LogP contribution < -0.4 is 0 Å². The highest BCUT2D eigenvalue weighted by atomic mass is 127. The molecule has 1 aromatic carbocycles. The maximum absolute atomic E-state index is 6.17. The normalized spacial score (nSPS) is 11.3. The summed E-state index contributed by atoms with van der Waals surface area (Å²) in [5.41, 5.74) is 3.79. The number of aromatic nitrogens is 4. The van der Waals surface area contributed by atoms with Crippen LogP contribution in [0, 0.1) is 10.5 Å². The van der Waals surface area contributed by atoms with E-state index in [0.717, 1.165) is 32.0 Å². The average Bonchev–Trinajstić information content (AvgIpc) is 3.16. The van der Waals surface area contributed by atoms with E-state index in [1.165, 1.54) is 0 Å². The van der Waals surface area contributed by atoms with Crippen LogP contribution in [0.1, 0.15) is 5.69 Å². The monoisotopic (exact) mass is 434 g/mol. The number of fused-ring (bicyclic) bond motifs is 1. The van der Waals surface area contributed by atoms with E-state index in [2.05, 4.69) is 27.7 Å². The van der Waals surface area contributed by atoms with Gasteiger partial charge in [0.1, 0.15) is 5.82 Å². The molecule has 0 aliphatic rings. The lowest BCUT2D eigenvalue weighted by molar-refractivity contribution is 0.905. The van der Waals surface area contributed by atoms with E-state index in [4.69, 9.17) is 16.6 Å². The van der Waals surface area contributed by atoms with Crippen LogP contribution in [0.5, 0.6) is 0 Å². The lowest BCUT2D eigenvalue weighted by atomic mass is 10.1. The maximum atomic E-state index is 6.17. The van der Waals surface area contributed by atoms with Crippen LogP contribution in [0.3, 0.4) is 0 Å². The van der Waals surface area contributed by atoms with Crippen molar-refractivity contribution in [2.75, 3.05) is 0 Å². The first kappa shape index (κ1) is 14.7. The molecule has 3 aromatic heterocycles.